The molecule has 2 aliphatic heterocycles. The van der Waals surface area contributed by atoms with E-state index in [9.17, 15) is 0 Å². The normalized spacial score (nSPS) is 22.9. The van der Waals surface area contributed by atoms with Crippen molar-refractivity contribution in [3.8, 4) is 0 Å². The molecule has 1 aromatic rings. The zero-order valence-corrected chi connectivity index (χ0v) is 14.0. The van der Waals surface area contributed by atoms with E-state index in [1.807, 2.05) is 23.2 Å². The molecular weight excluding hydrogens is 300 g/mol. The van der Waals surface area contributed by atoms with E-state index in [-0.39, 0.29) is 6.04 Å². The summed E-state index contributed by atoms with van der Waals surface area (Å²) in [7, 11) is 3.82. The molecule has 7 heteroatoms. The van der Waals surface area contributed by atoms with Gasteiger partial charge in [0.2, 0.25) is 5.96 Å². The third-order valence-corrected chi connectivity index (χ3v) is 4.44. The van der Waals surface area contributed by atoms with Crippen LogP contribution in [0.3, 0.4) is 0 Å². The molecule has 0 bridgehead atoms. The first-order valence-corrected chi connectivity index (χ1v) is 7.88. The molecule has 2 aliphatic rings. The van der Waals surface area contributed by atoms with Crippen molar-refractivity contribution in [2.75, 3.05) is 40.3 Å². The number of likely N-dealkylation sites (N-methyl/N-ethyl adjacent to an activating group) is 1. The van der Waals surface area contributed by atoms with E-state index in [0.29, 0.717) is 0 Å². The first kappa shape index (κ1) is 15.2. The number of hydrogen-bond acceptors (Lipinski definition) is 5. The molecule has 1 atom stereocenters. The number of guanidine groups is 1. The summed E-state index contributed by atoms with van der Waals surface area (Å²) in [6.45, 7) is 6.05. The molecule has 2 heterocycles. The monoisotopic (exact) mass is 320 g/mol. The molecule has 118 valence electrons. The lowest BCUT2D eigenvalue weighted by atomic mass is 10.0. The van der Waals surface area contributed by atoms with Crippen LogP contribution in [0.1, 0.15) is 18.5 Å². The van der Waals surface area contributed by atoms with Crippen LogP contribution in [0.4, 0.5) is 5.69 Å². The lowest BCUT2D eigenvalue weighted by Crippen LogP contribution is -2.52. The highest BCUT2D eigenvalue weighted by atomic mass is 35.5. The molecule has 0 amide bonds. The highest BCUT2D eigenvalue weighted by Gasteiger charge is 2.31. The Labute approximate surface area is 136 Å². The zero-order chi connectivity index (χ0) is 15.7. The van der Waals surface area contributed by atoms with Gasteiger partial charge in [-0.2, -0.15) is 5.11 Å². The SMILES string of the molecule is CN=NN1C(N2CCN(C)CC2)=Nc2ccc(Cl)cc2C1C. The maximum Gasteiger partial charge on any atom is 0.224 e. The fraction of sp³-hybridized carbons (Fsp3) is 0.533. The Morgan fingerprint density at radius 2 is 1.95 bits per heavy atom. The Bertz CT molecular complexity index is 606. The first-order valence-electron chi connectivity index (χ1n) is 7.51. The average molecular weight is 321 g/mol. The average Bonchev–Trinajstić information content (AvgIpc) is 2.51. The van der Waals surface area contributed by atoms with Crippen LogP contribution in [0.2, 0.25) is 5.02 Å². The quantitative estimate of drug-likeness (QED) is 0.747. The predicted molar refractivity (Wildman–Crippen MR) is 88.7 cm³/mol. The maximum absolute atomic E-state index is 6.13. The molecule has 1 unspecified atom stereocenters. The van der Waals surface area contributed by atoms with Crippen LogP contribution in [0, 0.1) is 0 Å². The Morgan fingerprint density at radius 1 is 1.23 bits per heavy atom. The maximum atomic E-state index is 6.13. The third-order valence-electron chi connectivity index (χ3n) is 4.20. The molecule has 0 saturated carbocycles. The van der Waals surface area contributed by atoms with E-state index in [1.165, 1.54) is 0 Å². The largest absolute Gasteiger partial charge is 0.338 e. The summed E-state index contributed by atoms with van der Waals surface area (Å²) in [5, 5.41) is 10.9. The summed E-state index contributed by atoms with van der Waals surface area (Å²) in [6.07, 6.45) is 0. The van der Waals surface area contributed by atoms with Gasteiger partial charge in [-0.1, -0.05) is 16.8 Å². The van der Waals surface area contributed by atoms with Crippen LogP contribution < -0.4 is 0 Å². The number of benzene rings is 1. The van der Waals surface area contributed by atoms with Crippen molar-refractivity contribution in [1.29, 1.82) is 0 Å². The van der Waals surface area contributed by atoms with Crippen LogP contribution in [-0.4, -0.2) is 61.0 Å². The van der Waals surface area contributed by atoms with Gasteiger partial charge in [0.15, 0.2) is 0 Å². The van der Waals surface area contributed by atoms with Crippen LogP contribution in [0.25, 0.3) is 0 Å². The number of nitrogens with zero attached hydrogens (tertiary/aromatic N) is 6. The Morgan fingerprint density at radius 3 is 2.64 bits per heavy atom. The first-order chi connectivity index (χ1) is 10.6. The minimum absolute atomic E-state index is 0.0598. The number of fused-ring (bicyclic) bond motifs is 1. The molecule has 1 fully saturated rings. The van der Waals surface area contributed by atoms with Gasteiger partial charge in [0.05, 0.1) is 18.8 Å². The number of aliphatic imine (C=N–C) groups is 1. The summed E-state index contributed by atoms with van der Waals surface area (Å²) in [6, 6.07) is 5.88. The van der Waals surface area contributed by atoms with Crippen molar-refractivity contribution in [1.82, 2.24) is 14.8 Å². The summed E-state index contributed by atoms with van der Waals surface area (Å²) in [5.41, 5.74) is 2.05. The van der Waals surface area contributed by atoms with Crippen molar-refractivity contribution in [2.24, 2.45) is 15.3 Å². The van der Waals surface area contributed by atoms with Crippen molar-refractivity contribution >= 4 is 23.2 Å². The van der Waals surface area contributed by atoms with Gasteiger partial charge in [0.25, 0.3) is 0 Å². The molecule has 0 N–H and O–H groups in total. The van der Waals surface area contributed by atoms with Crippen molar-refractivity contribution in [2.45, 2.75) is 13.0 Å². The van der Waals surface area contributed by atoms with Gasteiger partial charge in [-0.15, -0.1) is 0 Å². The minimum Gasteiger partial charge on any atom is -0.338 e. The second kappa shape index (κ2) is 6.22. The topological polar surface area (TPSA) is 46.8 Å². The highest BCUT2D eigenvalue weighted by molar-refractivity contribution is 6.30. The van der Waals surface area contributed by atoms with Gasteiger partial charge in [-0.3, -0.25) is 0 Å². The van der Waals surface area contributed by atoms with E-state index in [1.54, 1.807) is 7.05 Å². The van der Waals surface area contributed by atoms with Crippen LogP contribution >= 0.6 is 11.6 Å². The standard InChI is InChI=1S/C15H21ClN6/c1-11-13-10-12(16)4-5-14(13)18-15(22(11)19-17-2)21-8-6-20(3)7-9-21/h4-5,10-11H,6-9H2,1-3H3. The molecule has 1 aromatic carbocycles. The Balaban J connectivity index is 1.99. The molecule has 6 nitrogen and oxygen atoms in total. The lowest BCUT2D eigenvalue weighted by molar-refractivity contribution is 0.183. The second-order valence-electron chi connectivity index (χ2n) is 5.72. The number of hydrogen-bond donors (Lipinski definition) is 0. The molecule has 1 saturated heterocycles. The second-order valence-corrected chi connectivity index (χ2v) is 6.15. The molecule has 0 radical (unpaired) electrons. The zero-order valence-electron chi connectivity index (χ0n) is 13.2. The molecule has 0 aliphatic carbocycles. The van der Waals surface area contributed by atoms with Gasteiger partial charge < -0.3 is 9.80 Å². The van der Waals surface area contributed by atoms with E-state index < -0.39 is 0 Å². The minimum atomic E-state index is 0.0598. The van der Waals surface area contributed by atoms with Crippen molar-refractivity contribution < 1.29 is 0 Å². The molecule has 22 heavy (non-hydrogen) atoms. The summed E-state index contributed by atoms with van der Waals surface area (Å²) in [5.74, 6) is 0.876. The van der Waals surface area contributed by atoms with E-state index in [2.05, 4.69) is 34.1 Å². The summed E-state index contributed by atoms with van der Waals surface area (Å²) < 4.78 is 0. The lowest BCUT2D eigenvalue weighted by Gasteiger charge is -2.40. The number of halogens is 1. The fourth-order valence-corrected chi connectivity index (χ4v) is 3.04. The van der Waals surface area contributed by atoms with E-state index in [0.717, 1.165) is 48.4 Å². The van der Waals surface area contributed by atoms with E-state index in [4.69, 9.17) is 16.6 Å². The van der Waals surface area contributed by atoms with E-state index >= 15 is 0 Å². The van der Waals surface area contributed by atoms with Gasteiger partial charge >= 0.3 is 0 Å². The molecule has 3 rings (SSSR count). The summed E-state index contributed by atoms with van der Waals surface area (Å²) in [4.78, 5) is 9.43. The number of rotatable bonds is 1. The highest BCUT2D eigenvalue weighted by Crippen LogP contribution is 2.37. The molecular formula is C15H21ClN6. The van der Waals surface area contributed by atoms with Crippen LogP contribution in [0.5, 0.6) is 0 Å². The summed E-state index contributed by atoms with van der Waals surface area (Å²) >= 11 is 6.13. The predicted octanol–water partition coefficient (Wildman–Crippen LogP) is 2.95. The van der Waals surface area contributed by atoms with Crippen LogP contribution in [-0.2, 0) is 0 Å². The van der Waals surface area contributed by atoms with Crippen molar-refractivity contribution in [3.05, 3.63) is 28.8 Å². The Kier molecular flexibility index (Phi) is 4.31. The number of piperazine rings is 1. The van der Waals surface area contributed by atoms with Gasteiger partial charge in [-0.05, 0) is 32.2 Å². The molecule has 0 spiro atoms. The van der Waals surface area contributed by atoms with Gasteiger partial charge in [-0.25, -0.2) is 10.0 Å². The third kappa shape index (κ3) is 2.80. The fourth-order valence-electron chi connectivity index (χ4n) is 2.86. The van der Waals surface area contributed by atoms with Crippen LogP contribution in [0.15, 0.2) is 33.5 Å². The van der Waals surface area contributed by atoms with Gasteiger partial charge in [0.1, 0.15) is 0 Å². The van der Waals surface area contributed by atoms with Gasteiger partial charge in [0, 0.05) is 36.8 Å². The van der Waals surface area contributed by atoms with Crippen molar-refractivity contribution in [3.63, 3.8) is 0 Å². The molecule has 0 aromatic heterocycles. The Hall–Kier alpha value is -1.66. The smallest absolute Gasteiger partial charge is 0.224 e.